The number of alkyl halides is 2. The second-order valence-corrected chi connectivity index (χ2v) is 7.14. The van der Waals surface area contributed by atoms with Gasteiger partial charge in [0.2, 0.25) is 0 Å². The fraction of sp³-hybridized carbons (Fsp3) is 0.308. The summed E-state index contributed by atoms with van der Waals surface area (Å²) in [5, 5.41) is 8.20. The van der Waals surface area contributed by atoms with Crippen LogP contribution in [0.3, 0.4) is 0 Å². The van der Waals surface area contributed by atoms with Gasteiger partial charge in [-0.05, 0) is 11.6 Å². The van der Waals surface area contributed by atoms with E-state index < -0.39 is 13.0 Å². The van der Waals surface area contributed by atoms with Crippen molar-refractivity contribution in [2.45, 2.75) is 19.4 Å². The molecule has 122 valence electrons. The fourth-order valence-electron chi connectivity index (χ4n) is 2.11. The van der Waals surface area contributed by atoms with Gasteiger partial charge in [-0.15, -0.1) is 11.3 Å². The van der Waals surface area contributed by atoms with Gasteiger partial charge >= 0.3 is 0 Å². The van der Waals surface area contributed by atoms with Crippen LogP contribution in [0.5, 0.6) is 0 Å². The molecule has 0 radical (unpaired) electrons. The van der Waals surface area contributed by atoms with Gasteiger partial charge in [0.15, 0.2) is 5.82 Å². The number of hydrogen-bond acceptors (Lipinski definition) is 4. The molecule has 0 saturated heterocycles. The quantitative estimate of drug-likeness (QED) is 0.677. The molecule has 0 N–H and O–H groups in total. The van der Waals surface area contributed by atoms with Crippen molar-refractivity contribution in [1.82, 2.24) is 24.5 Å². The van der Waals surface area contributed by atoms with E-state index in [1.165, 1.54) is 16.0 Å². The summed E-state index contributed by atoms with van der Waals surface area (Å²) in [6.45, 7) is -0.530. The molecular weight excluding hydrogens is 367 g/mol. The van der Waals surface area contributed by atoms with Crippen molar-refractivity contribution in [3.8, 4) is 11.4 Å². The average Bonchev–Trinajstić information content (AvgIpc) is 3.11. The molecule has 3 rings (SSSR count). The molecule has 0 aliphatic heterocycles. The normalized spacial score (nSPS) is 11.6. The Kier molecular flexibility index (Phi) is 4.65. The minimum absolute atomic E-state index is 0.280. The first-order chi connectivity index (χ1) is 10.9. The molecule has 0 atom stereocenters. The van der Waals surface area contributed by atoms with Crippen molar-refractivity contribution in [1.29, 1.82) is 0 Å². The van der Waals surface area contributed by atoms with Crippen molar-refractivity contribution in [3.63, 3.8) is 0 Å². The van der Waals surface area contributed by atoms with Crippen LogP contribution in [0.25, 0.3) is 11.4 Å². The molecule has 5 nitrogen and oxygen atoms in total. The van der Waals surface area contributed by atoms with Crippen LogP contribution in [0, 0.1) is 0 Å². The van der Waals surface area contributed by atoms with Crippen molar-refractivity contribution in [2.75, 3.05) is 0 Å². The molecule has 0 bridgehead atoms. The molecule has 3 aromatic rings. The van der Waals surface area contributed by atoms with E-state index in [0.29, 0.717) is 25.9 Å². The molecule has 3 aromatic heterocycles. The zero-order valence-electron chi connectivity index (χ0n) is 11.9. The third-order valence-corrected chi connectivity index (χ3v) is 4.67. The van der Waals surface area contributed by atoms with Gasteiger partial charge in [-0.1, -0.05) is 23.2 Å². The SMILES string of the molecule is Cn1cc(-c2nc(Cc3cc(Cl)sc3Cl)n(CC(F)F)n2)cn1. The molecule has 23 heavy (non-hydrogen) atoms. The van der Waals surface area contributed by atoms with Crippen LogP contribution >= 0.6 is 34.5 Å². The molecule has 0 unspecified atom stereocenters. The highest BCUT2D eigenvalue weighted by Gasteiger charge is 2.18. The Morgan fingerprint density at radius 1 is 1.35 bits per heavy atom. The molecule has 0 fully saturated rings. The lowest BCUT2D eigenvalue weighted by Crippen LogP contribution is -2.12. The number of rotatable bonds is 5. The summed E-state index contributed by atoms with van der Waals surface area (Å²) in [5.41, 5.74) is 1.40. The van der Waals surface area contributed by atoms with Gasteiger partial charge in [0, 0.05) is 19.7 Å². The second kappa shape index (κ2) is 6.54. The summed E-state index contributed by atoms with van der Waals surface area (Å²) in [5.74, 6) is 0.756. The summed E-state index contributed by atoms with van der Waals surface area (Å²) in [6.07, 6.45) is 1.06. The Morgan fingerprint density at radius 3 is 2.70 bits per heavy atom. The monoisotopic (exact) mass is 377 g/mol. The van der Waals surface area contributed by atoms with Crippen molar-refractivity contribution in [2.24, 2.45) is 7.05 Å². The van der Waals surface area contributed by atoms with E-state index in [1.54, 1.807) is 30.2 Å². The van der Waals surface area contributed by atoms with Crippen LogP contribution in [0.1, 0.15) is 11.4 Å². The lowest BCUT2D eigenvalue weighted by atomic mass is 10.2. The van der Waals surface area contributed by atoms with Crippen molar-refractivity contribution in [3.05, 3.63) is 38.5 Å². The number of halogens is 4. The summed E-state index contributed by atoms with van der Waals surface area (Å²) < 4.78 is 29.4. The maximum Gasteiger partial charge on any atom is 0.257 e. The third-order valence-electron chi connectivity index (χ3n) is 3.10. The fourth-order valence-corrected chi connectivity index (χ4v) is 3.59. The minimum Gasteiger partial charge on any atom is -0.275 e. The topological polar surface area (TPSA) is 48.5 Å². The molecular formula is C13H11Cl2F2N5S. The first kappa shape index (κ1) is 16.4. The van der Waals surface area contributed by atoms with E-state index in [2.05, 4.69) is 15.2 Å². The lowest BCUT2D eigenvalue weighted by molar-refractivity contribution is 0.120. The van der Waals surface area contributed by atoms with Gasteiger partial charge in [-0.3, -0.25) is 4.68 Å². The van der Waals surface area contributed by atoms with Crippen LogP contribution in [-0.4, -0.2) is 31.0 Å². The smallest absolute Gasteiger partial charge is 0.257 e. The average molecular weight is 378 g/mol. The maximum absolute atomic E-state index is 12.8. The van der Waals surface area contributed by atoms with Gasteiger partial charge < -0.3 is 0 Å². The predicted octanol–water partition coefficient (Wildman–Crippen LogP) is 3.90. The summed E-state index contributed by atoms with van der Waals surface area (Å²) in [4.78, 5) is 4.36. The van der Waals surface area contributed by atoms with E-state index in [1.807, 2.05) is 0 Å². The highest BCUT2D eigenvalue weighted by Crippen LogP contribution is 2.32. The van der Waals surface area contributed by atoms with Crippen LogP contribution in [-0.2, 0) is 20.0 Å². The minimum atomic E-state index is -2.53. The molecule has 0 aliphatic carbocycles. The number of aryl methyl sites for hydroxylation is 1. The van der Waals surface area contributed by atoms with Gasteiger partial charge in [0.25, 0.3) is 6.43 Å². The van der Waals surface area contributed by atoms with Gasteiger partial charge in [0.05, 0.1) is 20.4 Å². The second-order valence-electron chi connectivity index (χ2n) is 4.85. The standard InChI is InChI=1S/C13H11Cl2F2N5S/c1-21-5-8(4-18-21)13-19-11(22(20-13)6-10(16)17)3-7-2-9(14)23-12(7)15/h2,4-5,10H,3,6H2,1H3. The Morgan fingerprint density at radius 2 is 2.13 bits per heavy atom. The molecule has 0 aliphatic rings. The van der Waals surface area contributed by atoms with Crippen molar-refractivity contribution >= 4 is 34.5 Å². The first-order valence-electron chi connectivity index (χ1n) is 6.57. The Hall–Kier alpha value is -1.51. The highest BCUT2D eigenvalue weighted by atomic mass is 35.5. The predicted molar refractivity (Wildman–Crippen MR) is 85.4 cm³/mol. The Balaban J connectivity index is 1.96. The largest absolute Gasteiger partial charge is 0.275 e. The zero-order chi connectivity index (χ0) is 16.6. The number of hydrogen-bond donors (Lipinski definition) is 0. The van der Waals surface area contributed by atoms with Crippen LogP contribution in [0.15, 0.2) is 18.5 Å². The lowest BCUT2D eigenvalue weighted by Gasteiger charge is -2.04. The summed E-state index contributed by atoms with van der Waals surface area (Å²) >= 11 is 13.2. The van der Waals surface area contributed by atoms with E-state index >= 15 is 0 Å². The van der Waals surface area contributed by atoms with E-state index in [9.17, 15) is 8.78 Å². The zero-order valence-corrected chi connectivity index (χ0v) is 14.2. The molecule has 0 saturated carbocycles. The van der Waals surface area contributed by atoms with Crippen molar-refractivity contribution < 1.29 is 8.78 Å². The molecule has 10 heteroatoms. The van der Waals surface area contributed by atoms with Crippen LogP contribution < -0.4 is 0 Å². The third kappa shape index (κ3) is 3.70. The summed E-state index contributed by atoms with van der Waals surface area (Å²) in [7, 11) is 1.76. The number of thiophene rings is 1. The first-order valence-corrected chi connectivity index (χ1v) is 8.14. The van der Waals surface area contributed by atoms with Gasteiger partial charge in [-0.25, -0.2) is 18.4 Å². The number of aromatic nitrogens is 5. The molecule has 0 amide bonds. The molecule has 3 heterocycles. The van der Waals surface area contributed by atoms with Gasteiger partial charge in [-0.2, -0.15) is 10.2 Å². The Bertz CT molecular complexity index is 826. The molecule has 0 spiro atoms. The van der Waals surface area contributed by atoms with E-state index in [-0.39, 0.29) is 6.42 Å². The number of nitrogens with zero attached hydrogens (tertiary/aromatic N) is 5. The van der Waals surface area contributed by atoms with E-state index in [0.717, 1.165) is 5.56 Å². The maximum atomic E-state index is 12.8. The van der Waals surface area contributed by atoms with Gasteiger partial charge in [0.1, 0.15) is 12.4 Å². The van der Waals surface area contributed by atoms with Crippen LogP contribution in [0.2, 0.25) is 8.67 Å². The summed E-state index contributed by atoms with van der Waals surface area (Å²) in [6, 6.07) is 1.71. The van der Waals surface area contributed by atoms with Crippen LogP contribution in [0.4, 0.5) is 8.78 Å². The van der Waals surface area contributed by atoms with E-state index in [4.69, 9.17) is 23.2 Å². The Labute approximate surface area is 144 Å². The molecule has 0 aromatic carbocycles. The highest BCUT2D eigenvalue weighted by molar-refractivity contribution is 7.20.